The average Bonchev–Trinajstić information content (AvgIpc) is 3.03. The lowest BCUT2D eigenvalue weighted by molar-refractivity contribution is -0.140. The Bertz CT molecular complexity index is 1020. The quantitative estimate of drug-likeness (QED) is 0.288. The third kappa shape index (κ3) is 4.38. The van der Waals surface area contributed by atoms with Crippen molar-refractivity contribution in [2.45, 2.75) is 12.5 Å². The molecule has 2 aromatic rings. The van der Waals surface area contributed by atoms with Crippen LogP contribution in [0.5, 0.6) is 11.5 Å². The number of benzene rings is 2. The number of para-hydroxylation sites is 1. The Balaban J connectivity index is 2.17. The summed E-state index contributed by atoms with van der Waals surface area (Å²) in [5.74, 6) is -0.830. The number of aliphatic hydroxyl groups excluding tert-OH is 1. The zero-order valence-corrected chi connectivity index (χ0v) is 18.3. The summed E-state index contributed by atoms with van der Waals surface area (Å²) in [7, 11) is 4.56. The molecule has 1 atom stereocenters. The van der Waals surface area contributed by atoms with E-state index in [4.69, 9.17) is 25.8 Å². The Morgan fingerprint density at radius 1 is 1.06 bits per heavy atom. The number of carbonyl (C=O) groups is 2. The predicted molar refractivity (Wildman–Crippen MR) is 117 cm³/mol. The van der Waals surface area contributed by atoms with Crippen molar-refractivity contribution in [3.8, 4) is 11.5 Å². The van der Waals surface area contributed by atoms with Gasteiger partial charge in [-0.05, 0) is 30.7 Å². The van der Waals surface area contributed by atoms with Crippen molar-refractivity contribution < 1.29 is 28.9 Å². The number of likely N-dealkylation sites (tertiary alicyclic amines) is 1. The molecule has 2 aromatic carbocycles. The van der Waals surface area contributed by atoms with Crippen LogP contribution in [-0.4, -0.2) is 56.2 Å². The van der Waals surface area contributed by atoms with Crippen molar-refractivity contribution in [1.82, 2.24) is 4.90 Å². The second-order valence-electron chi connectivity index (χ2n) is 6.93. The Morgan fingerprint density at radius 3 is 2.42 bits per heavy atom. The fraction of sp³-hybridized carbons (Fsp3) is 0.304. The summed E-state index contributed by atoms with van der Waals surface area (Å²) >= 11 is 6.20. The van der Waals surface area contributed by atoms with Gasteiger partial charge in [0.25, 0.3) is 11.7 Å². The molecule has 7 nitrogen and oxygen atoms in total. The van der Waals surface area contributed by atoms with Crippen molar-refractivity contribution in [3.63, 3.8) is 0 Å². The van der Waals surface area contributed by atoms with Crippen molar-refractivity contribution in [1.29, 1.82) is 0 Å². The van der Waals surface area contributed by atoms with Crippen LogP contribution in [0, 0.1) is 0 Å². The van der Waals surface area contributed by atoms with Crippen molar-refractivity contribution >= 4 is 29.1 Å². The number of amides is 1. The first-order valence-corrected chi connectivity index (χ1v) is 10.1. The summed E-state index contributed by atoms with van der Waals surface area (Å²) in [5, 5.41) is 11.4. The number of carbonyl (C=O) groups excluding carboxylic acids is 2. The van der Waals surface area contributed by atoms with E-state index in [1.807, 2.05) is 0 Å². The Labute approximate surface area is 185 Å². The van der Waals surface area contributed by atoms with E-state index in [2.05, 4.69) is 0 Å². The van der Waals surface area contributed by atoms with E-state index < -0.39 is 17.7 Å². The minimum absolute atomic E-state index is 0.0202. The molecule has 0 aromatic heterocycles. The lowest BCUT2D eigenvalue weighted by Gasteiger charge is -2.26. The van der Waals surface area contributed by atoms with Gasteiger partial charge in [0.15, 0.2) is 0 Å². The van der Waals surface area contributed by atoms with Gasteiger partial charge in [-0.25, -0.2) is 0 Å². The van der Waals surface area contributed by atoms with Gasteiger partial charge in [0.2, 0.25) is 0 Å². The van der Waals surface area contributed by atoms with Gasteiger partial charge < -0.3 is 24.2 Å². The molecule has 1 heterocycles. The summed E-state index contributed by atoms with van der Waals surface area (Å²) in [5.41, 5.74) is 0.886. The SMILES string of the molecule is COCCCN1C(=O)C(=O)/C(=C(/O)c2ccc(OC)c(Cl)c2)C1c1ccccc1OC. The normalized spacial score (nSPS) is 17.8. The van der Waals surface area contributed by atoms with Gasteiger partial charge in [0, 0.05) is 31.4 Å². The number of aliphatic hydroxyl groups is 1. The van der Waals surface area contributed by atoms with E-state index >= 15 is 0 Å². The molecular weight excluding hydrogens is 422 g/mol. The monoisotopic (exact) mass is 445 g/mol. The largest absolute Gasteiger partial charge is 0.507 e. The lowest BCUT2D eigenvalue weighted by atomic mass is 9.94. The molecule has 1 saturated heterocycles. The molecule has 0 aliphatic carbocycles. The highest BCUT2D eigenvalue weighted by Gasteiger charge is 2.46. The molecule has 0 spiro atoms. The molecule has 3 rings (SSSR count). The zero-order valence-electron chi connectivity index (χ0n) is 17.6. The number of halogens is 1. The third-order valence-electron chi connectivity index (χ3n) is 5.15. The van der Waals surface area contributed by atoms with Crippen molar-refractivity contribution in [2.75, 3.05) is 34.5 Å². The molecule has 31 heavy (non-hydrogen) atoms. The third-order valence-corrected chi connectivity index (χ3v) is 5.44. The molecule has 1 aliphatic rings. The molecule has 1 amide bonds. The van der Waals surface area contributed by atoms with Crippen LogP contribution in [0.25, 0.3) is 5.76 Å². The number of hydrogen-bond donors (Lipinski definition) is 1. The van der Waals surface area contributed by atoms with E-state index in [1.165, 1.54) is 25.2 Å². The number of Topliss-reactive ketones (excluding diaryl/α,β-unsaturated/α-hetero) is 1. The van der Waals surface area contributed by atoms with E-state index in [1.54, 1.807) is 43.5 Å². The van der Waals surface area contributed by atoms with E-state index in [0.29, 0.717) is 35.7 Å². The summed E-state index contributed by atoms with van der Waals surface area (Å²) in [6.45, 7) is 0.705. The second-order valence-corrected chi connectivity index (χ2v) is 7.34. The minimum atomic E-state index is -0.811. The number of hydrogen-bond acceptors (Lipinski definition) is 6. The Hall–Kier alpha value is -3.03. The number of rotatable bonds is 8. The maximum Gasteiger partial charge on any atom is 0.295 e. The van der Waals surface area contributed by atoms with Crippen LogP contribution in [0.3, 0.4) is 0 Å². The van der Waals surface area contributed by atoms with Gasteiger partial charge in [-0.3, -0.25) is 9.59 Å². The fourth-order valence-electron chi connectivity index (χ4n) is 3.67. The maximum atomic E-state index is 13.0. The fourth-order valence-corrected chi connectivity index (χ4v) is 3.93. The molecule has 1 N–H and O–H groups in total. The number of ether oxygens (including phenoxy) is 3. The Kier molecular flexibility index (Phi) is 7.20. The predicted octanol–water partition coefficient (Wildman–Crippen LogP) is 3.82. The summed E-state index contributed by atoms with van der Waals surface area (Å²) in [6.07, 6.45) is 0.531. The first-order valence-electron chi connectivity index (χ1n) is 9.68. The standard InChI is InChI=1S/C23H24ClNO6/c1-29-12-6-11-25-20(15-7-4-5-8-17(15)30-2)19(22(27)23(25)28)21(26)14-9-10-18(31-3)16(24)13-14/h4-5,7-10,13,20,26H,6,11-12H2,1-3H3/b21-19+. The molecule has 1 fully saturated rings. The summed E-state index contributed by atoms with van der Waals surface area (Å²) in [4.78, 5) is 27.4. The van der Waals surface area contributed by atoms with Gasteiger partial charge in [-0.2, -0.15) is 0 Å². The van der Waals surface area contributed by atoms with Crippen LogP contribution in [0.1, 0.15) is 23.6 Å². The van der Waals surface area contributed by atoms with Crippen LogP contribution in [0.2, 0.25) is 5.02 Å². The highest BCUT2D eigenvalue weighted by molar-refractivity contribution is 6.46. The maximum absolute atomic E-state index is 13.0. The van der Waals surface area contributed by atoms with Gasteiger partial charge in [0.05, 0.1) is 30.9 Å². The van der Waals surface area contributed by atoms with Gasteiger partial charge in [0.1, 0.15) is 17.3 Å². The number of nitrogens with zero attached hydrogens (tertiary/aromatic N) is 1. The molecule has 0 radical (unpaired) electrons. The van der Waals surface area contributed by atoms with Crippen LogP contribution in [0.15, 0.2) is 48.0 Å². The van der Waals surface area contributed by atoms with Crippen LogP contribution in [-0.2, 0) is 14.3 Å². The van der Waals surface area contributed by atoms with E-state index in [-0.39, 0.29) is 22.9 Å². The topological polar surface area (TPSA) is 85.3 Å². The van der Waals surface area contributed by atoms with Crippen LogP contribution in [0.4, 0.5) is 0 Å². The number of methoxy groups -OCH3 is 3. The number of ketones is 1. The summed E-state index contributed by atoms with van der Waals surface area (Å²) < 4.78 is 15.7. The molecule has 164 valence electrons. The molecule has 0 bridgehead atoms. The molecular formula is C23H24ClNO6. The lowest BCUT2D eigenvalue weighted by Crippen LogP contribution is -2.31. The smallest absolute Gasteiger partial charge is 0.295 e. The average molecular weight is 446 g/mol. The highest BCUT2D eigenvalue weighted by atomic mass is 35.5. The van der Waals surface area contributed by atoms with Crippen LogP contribution < -0.4 is 9.47 Å². The molecule has 1 unspecified atom stereocenters. The van der Waals surface area contributed by atoms with Gasteiger partial charge in [-0.15, -0.1) is 0 Å². The Morgan fingerprint density at radius 2 is 1.77 bits per heavy atom. The van der Waals surface area contributed by atoms with Gasteiger partial charge >= 0.3 is 0 Å². The van der Waals surface area contributed by atoms with Crippen molar-refractivity contribution in [2.24, 2.45) is 0 Å². The van der Waals surface area contributed by atoms with Crippen LogP contribution >= 0.6 is 11.6 Å². The summed E-state index contributed by atoms with van der Waals surface area (Å²) in [6, 6.07) is 10.9. The highest BCUT2D eigenvalue weighted by Crippen LogP contribution is 2.43. The van der Waals surface area contributed by atoms with E-state index in [0.717, 1.165) is 0 Å². The zero-order chi connectivity index (χ0) is 22.5. The van der Waals surface area contributed by atoms with E-state index in [9.17, 15) is 14.7 Å². The first kappa shape index (κ1) is 22.7. The first-order chi connectivity index (χ1) is 14.9. The molecule has 1 aliphatic heterocycles. The van der Waals surface area contributed by atoms with Gasteiger partial charge in [-0.1, -0.05) is 29.8 Å². The van der Waals surface area contributed by atoms with Crippen molar-refractivity contribution in [3.05, 3.63) is 64.2 Å². The second kappa shape index (κ2) is 9.85. The minimum Gasteiger partial charge on any atom is -0.507 e. The molecule has 0 saturated carbocycles. The molecule has 8 heteroatoms.